The Morgan fingerprint density at radius 2 is 0.929 bits per heavy atom. The number of hydrogen-bond donors (Lipinski definition) is 3. The normalized spacial score (nSPS) is 10.7. The number of rotatable bonds is 12. The van der Waals surface area contributed by atoms with Gasteiger partial charge in [0.05, 0.1) is 13.1 Å². The second-order valence-electron chi connectivity index (χ2n) is 9.98. The summed E-state index contributed by atoms with van der Waals surface area (Å²) in [5, 5.41) is 3.81. The van der Waals surface area contributed by atoms with Gasteiger partial charge in [-0.3, -0.25) is 19.2 Å². The molecular formula is C32H40N6O4. The summed E-state index contributed by atoms with van der Waals surface area (Å²) in [6, 6.07) is 20.7. The van der Waals surface area contributed by atoms with Crippen LogP contribution in [0.5, 0.6) is 0 Å². The Bertz CT molecular complexity index is 1290. The third kappa shape index (κ3) is 8.25. The fraction of sp³-hybridized carbons (Fsp3) is 0.312. The largest absolute Gasteiger partial charge is 0.366 e. The number of primary amides is 1. The average molecular weight is 573 g/mol. The highest BCUT2D eigenvalue weighted by Crippen LogP contribution is 2.22. The number of carbonyl (C=O) groups is 4. The fourth-order valence-electron chi connectivity index (χ4n) is 4.36. The monoisotopic (exact) mass is 572 g/mol. The molecule has 3 rings (SSSR count). The molecule has 6 N–H and O–H groups in total. The van der Waals surface area contributed by atoms with Crippen LogP contribution in [0.4, 0.5) is 0 Å². The predicted octanol–water partition coefficient (Wildman–Crippen LogP) is 3.63. The molecule has 0 heterocycles. The Labute approximate surface area is 247 Å². The molecule has 0 aliphatic rings. The van der Waals surface area contributed by atoms with Gasteiger partial charge in [0.1, 0.15) is 0 Å². The predicted molar refractivity (Wildman–Crippen MR) is 161 cm³/mol. The molecule has 0 spiro atoms. The summed E-state index contributed by atoms with van der Waals surface area (Å²) < 4.78 is 0. The lowest BCUT2D eigenvalue weighted by atomic mass is 10.1. The Morgan fingerprint density at radius 3 is 1.26 bits per heavy atom. The van der Waals surface area contributed by atoms with Crippen LogP contribution in [-0.4, -0.2) is 38.8 Å². The second kappa shape index (κ2) is 15.5. The minimum Gasteiger partial charge on any atom is -0.366 e. The van der Waals surface area contributed by atoms with Gasteiger partial charge < -0.3 is 17.2 Å². The maximum atomic E-state index is 14.3. The van der Waals surface area contributed by atoms with E-state index in [9.17, 15) is 19.2 Å². The van der Waals surface area contributed by atoms with Crippen LogP contribution in [-0.2, 0) is 35.8 Å². The molecule has 0 aromatic heterocycles. The average Bonchev–Trinajstić information content (AvgIpc) is 3.00. The third-order valence-corrected chi connectivity index (χ3v) is 6.74. The van der Waals surface area contributed by atoms with Gasteiger partial charge in [-0.25, -0.2) is 10.0 Å². The standard InChI is InChI=1S/C32H40N6O4/c1-3-5-29(39)36(21-25-11-7-23(19-33)8-12-25)38(32(42)28-17-15-27(16-18-28)31(35)41)37(30(40)6-4-2)22-26-13-9-24(20-34)10-14-26/h7-18H,3-6,19-22,33-34H2,1-2H3,(H2,35,41). The molecule has 0 saturated heterocycles. The molecule has 222 valence electrons. The van der Waals surface area contributed by atoms with Crippen molar-refractivity contribution in [2.45, 2.75) is 65.7 Å². The van der Waals surface area contributed by atoms with Gasteiger partial charge in [0, 0.05) is 37.1 Å². The van der Waals surface area contributed by atoms with Gasteiger partial charge in [-0.1, -0.05) is 62.4 Å². The maximum Gasteiger partial charge on any atom is 0.292 e. The van der Waals surface area contributed by atoms with Crippen molar-refractivity contribution in [2.24, 2.45) is 17.2 Å². The number of nitrogens with zero attached hydrogens (tertiary/aromatic N) is 3. The van der Waals surface area contributed by atoms with E-state index in [1.54, 1.807) is 0 Å². The van der Waals surface area contributed by atoms with E-state index in [0.29, 0.717) is 25.9 Å². The van der Waals surface area contributed by atoms with Gasteiger partial charge in [0.15, 0.2) is 0 Å². The molecule has 4 amide bonds. The van der Waals surface area contributed by atoms with Gasteiger partial charge in [-0.15, -0.1) is 5.12 Å². The number of nitrogens with two attached hydrogens (primary N) is 3. The summed E-state index contributed by atoms with van der Waals surface area (Å²) in [6.45, 7) is 4.56. The van der Waals surface area contributed by atoms with E-state index >= 15 is 0 Å². The van der Waals surface area contributed by atoms with Crippen molar-refractivity contribution in [1.82, 2.24) is 15.1 Å². The van der Waals surface area contributed by atoms with E-state index in [1.807, 2.05) is 62.4 Å². The minimum atomic E-state index is -0.632. The minimum absolute atomic E-state index is 0.0385. The first-order valence-electron chi connectivity index (χ1n) is 14.1. The third-order valence-electron chi connectivity index (χ3n) is 6.74. The van der Waals surface area contributed by atoms with E-state index in [2.05, 4.69) is 0 Å². The zero-order valence-corrected chi connectivity index (χ0v) is 24.3. The zero-order chi connectivity index (χ0) is 30.6. The number of benzene rings is 3. The van der Waals surface area contributed by atoms with Crippen molar-refractivity contribution in [2.75, 3.05) is 0 Å². The molecule has 0 aliphatic carbocycles. The van der Waals surface area contributed by atoms with Crippen molar-refractivity contribution in [3.63, 3.8) is 0 Å². The topological polar surface area (TPSA) is 156 Å². The summed E-state index contributed by atoms with van der Waals surface area (Å²) in [5.74, 6) is -1.88. The number of hydrazine groups is 2. The second-order valence-corrected chi connectivity index (χ2v) is 9.98. The summed E-state index contributed by atoms with van der Waals surface area (Å²) >= 11 is 0. The van der Waals surface area contributed by atoms with Crippen LogP contribution in [0.15, 0.2) is 72.8 Å². The van der Waals surface area contributed by atoms with E-state index in [0.717, 1.165) is 27.4 Å². The lowest BCUT2D eigenvalue weighted by Crippen LogP contribution is -2.59. The molecule has 0 unspecified atom stereocenters. The van der Waals surface area contributed by atoms with Crippen molar-refractivity contribution in [3.05, 3.63) is 106 Å². The highest BCUT2D eigenvalue weighted by Gasteiger charge is 2.35. The van der Waals surface area contributed by atoms with Gasteiger partial charge in [-0.05, 0) is 59.4 Å². The van der Waals surface area contributed by atoms with Crippen LogP contribution in [0, 0.1) is 0 Å². The van der Waals surface area contributed by atoms with E-state index in [4.69, 9.17) is 17.2 Å². The molecule has 0 bridgehead atoms. The highest BCUT2D eigenvalue weighted by molar-refractivity contribution is 5.98. The lowest BCUT2D eigenvalue weighted by Gasteiger charge is -2.42. The molecule has 0 fully saturated rings. The Morgan fingerprint density at radius 1 is 0.571 bits per heavy atom. The molecule has 42 heavy (non-hydrogen) atoms. The highest BCUT2D eigenvalue weighted by atomic mass is 16.2. The summed E-state index contributed by atoms with van der Waals surface area (Å²) in [6.07, 6.45) is 1.40. The first-order valence-corrected chi connectivity index (χ1v) is 14.1. The first kappa shape index (κ1) is 32.0. The van der Waals surface area contributed by atoms with Crippen molar-refractivity contribution < 1.29 is 19.2 Å². The Hall–Kier alpha value is -4.54. The first-order chi connectivity index (χ1) is 20.2. The quantitative estimate of drug-likeness (QED) is 0.281. The van der Waals surface area contributed by atoms with Crippen molar-refractivity contribution in [1.29, 1.82) is 0 Å². The Kier molecular flexibility index (Phi) is 11.8. The molecule has 10 nitrogen and oxygen atoms in total. The zero-order valence-electron chi connectivity index (χ0n) is 24.3. The van der Waals surface area contributed by atoms with Crippen molar-refractivity contribution in [3.8, 4) is 0 Å². The molecule has 0 saturated carbocycles. The Balaban J connectivity index is 2.17. The molecule has 3 aromatic carbocycles. The van der Waals surface area contributed by atoms with Gasteiger partial charge in [-0.2, -0.15) is 0 Å². The van der Waals surface area contributed by atoms with Crippen LogP contribution >= 0.6 is 0 Å². The van der Waals surface area contributed by atoms with Gasteiger partial charge >= 0.3 is 0 Å². The molecular weight excluding hydrogens is 532 g/mol. The molecule has 0 radical (unpaired) electrons. The molecule has 0 atom stereocenters. The van der Waals surface area contributed by atoms with E-state index < -0.39 is 11.8 Å². The summed E-state index contributed by atoms with van der Waals surface area (Å²) in [7, 11) is 0. The van der Waals surface area contributed by atoms with Crippen LogP contribution in [0.3, 0.4) is 0 Å². The van der Waals surface area contributed by atoms with Crippen LogP contribution in [0.25, 0.3) is 0 Å². The number of amides is 4. The maximum absolute atomic E-state index is 14.3. The number of carbonyl (C=O) groups excluding carboxylic acids is 4. The van der Waals surface area contributed by atoms with Gasteiger partial charge in [0.2, 0.25) is 17.7 Å². The molecule has 10 heteroatoms. The van der Waals surface area contributed by atoms with E-state index in [1.165, 1.54) is 34.3 Å². The van der Waals surface area contributed by atoms with Crippen LogP contribution < -0.4 is 17.2 Å². The molecule has 0 aliphatic heterocycles. The SMILES string of the molecule is CCCC(=O)N(Cc1ccc(CN)cc1)N(C(=O)c1ccc(C(N)=O)cc1)N(Cc1ccc(CN)cc1)C(=O)CCC. The van der Waals surface area contributed by atoms with Crippen molar-refractivity contribution >= 4 is 23.6 Å². The lowest BCUT2D eigenvalue weighted by molar-refractivity contribution is -0.189. The van der Waals surface area contributed by atoms with Crippen LogP contribution in [0.1, 0.15) is 82.5 Å². The van der Waals surface area contributed by atoms with E-state index in [-0.39, 0.29) is 48.9 Å². The smallest absolute Gasteiger partial charge is 0.292 e. The fourth-order valence-corrected chi connectivity index (χ4v) is 4.36. The summed E-state index contributed by atoms with van der Waals surface area (Å²) in [4.78, 5) is 53.4. The number of hydrogen-bond acceptors (Lipinski definition) is 6. The summed E-state index contributed by atoms with van der Waals surface area (Å²) in [5.41, 5.74) is 20.7. The molecule has 3 aromatic rings. The van der Waals surface area contributed by atoms with Gasteiger partial charge in [0.25, 0.3) is 5.91 Å². The van der Waals surface area contributed by atoms with Crippen LogP contribution in [0.2, 0.25) is 0 Å².